The van der Waals surface area contributed by atoms with E-state index in [0.29, 0.717) is 16.7 Å². The van der Waals surface area contributed by atoms with E-state index in [0.717, 1.165) is 0 Å². The minimum atomic E-state index is -3.26. The molecule has 1 rings (SSSR count). The smallest absolute Gasteiger partial charge is 0.312 e. The lowest BCUT2D eigenvalue weighted by atomic mass is 10.1. The molecule has 22 heavy (non-hydrogen) atoms. The maximum atomic E-state index is 12.2. The SMILES string of the molecule is COP(=O)(Cc1cc(C#N)cc(CP(=O)(OC)OC)c1)OC. The van der Waals surface area contributed by atoms with Crippen LogP contribution in [0.1, 0.15) is 16.7 Å². The summed E-state index contributed by atoms with van der Waals surface area (Å²) in [5.74, 6) is 0. The van der Waals surface area contributed by atoms with Crippen LogP contribution < -0.4 is 0 Å². The Balaban J connectivity index is 3.17. The summed E-state index contributed by atoms with van der Waals surface area (Å²) in [6.07, 6.45) is 0.0135. The Labute approximate surface area is 130 Å². The van der Waals surface area contributed by atoms with Crippen molar-refractivity contribution in [1.82, 2.24) is 0 Å². The van der Waals surface area contributed by atoms with Crippen LogP contribution in [0, 0.1) is 11.3 Å². The van der Waals surface area contributed by atoms with Crippen LogP contribution in [0.15, 0.2) is 18.2 Å². The predicted octanol–water partition coefficient (Wildman–Crippen LogP) is 3.53. The number of nitriles is 1. The zero-order chi connectivity index (χ0) is 16.8. The van der Waals surface area contributed by atoms with Gasteiger partial charge >= 0.3 is 15.2 Å². The Morgan fingerprint density at radius 2 is 1.23 bits per heavy atom. The first-order valence-electron chi connectivity index (χ1n) is 6.27. The molecule has 0 atom stereocenters. The van der Waals surface area contributed by atoms with Crippen molar-refractivity contribution < 1.29 is 27.2 Å². The summed E-state index contributed by atoms with van der Waals surface area (Å²) in [7, 11) is -1.34. The molecule has 1 aromatic rings. The van der Waals surface area contributed by atoms with E-state index in [1.165, 1.54) is 28.4 Å². The lowest BCUT2D eigenvalue weighted by Crippen LogP contribution is -1.98. The van der Waals surface area contributed by atoms with E-state index < -0.39 is 15.2 Å². The Kier molecular flexibility index (Phi) is 6.96. The predicted molar refractivity (Wildman–Crippen MR) is 81.8 cm³/mol. The maximum Gasteiger partial charge on any atom is 0.334 e. The van der Waals surface area contributed by atoms with E-state index in [9.17, 15) is 9.13 Å². The van der Waals surface area contributed by atoms with Crippen molar-refractivity contribution in [3.05, 3.63) is 34.9 Å². The second kappa shape index (κ2) is 8.03. The zero-order valence-corrected chi connectivity index (χ0v) is 14.7. The summed E-state index contributed by atoms with van der Waals surface area (Å²) in [4.78, 5) is 0. The molecule has 0 saturated heterocycles. The molecular formula is C13H19NO6P2. The Morgan fingerprint density at radius 3 is 1.50 bits per heavy atom. The summed E-state index contributed by atoms with van der Waals surface area (Å²) >= 11 is 0. The van der Waals surface area contributed by atoms with Gasteiger partial charge in [-0.1, -0.05) is 6.07 Å². The first-order valence-corrected chi connectivity index (χ1v) is 9.73. The van der Waals surface area contributed by atoms with Gasteiger partial charge in [-0.15, -0.1) is 0 Å². The summed E-state index contributed by atoms with van der Waals surface area (Å²) in [6.45, 7) is 0. The molecular weight excluding hydrogens is 328 g/mol. The highest BCUT2D eigenvalue weighted by atomic mass is 31.2. The van der Waals surface area contributed by atoms with E-state index in [1.54, 1.807) is 18.2 Å². The molecule has 0 aliphatic rings. The normalized spacial score (nSPS) is 12.1. The molecule has 0 aliphatic carbocycles. The number of benzene rings is 1. The average molecular weight is 347 g/mol. The summed E-state index contributed by atoms with van der Waals surface area (Å²) in [5, 5.41) is 9.10. The van der Waals surface area contributed by atoms with E-state index in [1.807, 2.05) is 6.07 Å². The number of rotatable bonds is 8. The van der Waals surface area contributed by atoms with Crippen LogP contribution in [-0.4, -0.2) is 28.4 Å². The molecule has 0 N–H and O–H groups in total. The summed E-state index contributed by atoms with van der Waals surface area (Å²) in [5.41, 5.74) is 1.52. The topological polar surface area (TPSA) is 94.9 Å². The van der Waals surface area contributed by atoms with Gasteiger partial charge in [0, 0.05) is 28.4 Å². The van der Waals surface area contributed by atoms with E-state index in [2.05, 4.69) is 0 Å². The minimum Gasteiger partial charge on any atom is -0.312 e. The lowest BCUT2D eigenvalue weighted by molar-refractivity contribution is 0.274. The summed E-state index contributed by atoms with van der Waals surface area (Å²) in [6, 6.07) is 6.85. The summed E-state index contributed by atoms with van der Waals surface area (Å²) < 4.78 is 44.0. The van der Waals surface area contributed by atoms with Gasteiger partial charge in [0.15, 0.2) is 0 Å². The zero-order valence-electron chi connectivity index (χ0n) is 12.9. The molecule has 0 aromatic heterocycles. The van der Waals surface area contributed by atoms with Gasteiger partial charge in [0.2, 0.25) is 0 Å². The molecule has 0 spiro atoms. The van der Waals surface area contributed by atoms with E-state index in [4.69, 9.17) is 23.4 Å². The van der Waals surface area contributed by atoms with Crippen molar-refractivity contribution in [2.75, 3.05) is 28.4 Å². The van der Waals surface area contributed by atoms with Gasteiger partial charge in [0.25, 0.3) is 0 Å². The van der Waals surface area contributed by atoms with Crippen LogP contribution in [0.4, 0.5) is 0 Å². The Morgan fingerprint density at radius 1 is 0.864 bits per heavy atom. The minimum absolute atomic E-state index is 0.00673. The largest absolute Gasteiger partial charge is 0.334 e. The Bertz CT molecular complexity index is 592. The van der Waals surface area contributed by atoms with Crippen LogP contribution in [-0.2, 0) is 39.5 Å². The van der Waals surface area contributed by atoms with Crippen LogP contribution >= 0.6 is 15.2 Å². The average Bonchev–Trinajstić information content (AvgIpc) is 2.54. The van der Waals surface area contributed by atoms with Crippen molar-refractivity contribution >= 4 is 15.2 Å². The molecule has 0 unspecified atom stereocenters. The molecule has 0 radical (unpaired) electrons. The van der Waals surface area contributed by atoms with Crippen LogP contribution in [0.2, 0.25) is 0 Å². The van der Waals surface area contributed by atoms with Crippen molar-refractivity contribution in [2.24, 2.45) is 0 Å². The van der Waals surface area contributed by atoms with Gasteiger partial charge < -0.3 is 18.1 Å². The third-order valence-electron chi connectivity index (χ3n) is 3.05. The van der Waals surface area contributed by atoms with E-state index in [-0.39, 0.29) is 12.3 Å². The fourth-order valence-corrected chi connectivity index (χ4v) is 3.94. The number of hydrogen-bond donors (Lipinski definition) is 0. The van der Waals surface area contributed by atoms with Crippen molar-refractivity contribution in [2.45, 2.75) is 12.3 Å². The second-order valence-electron chi connectivity index (χ2n) is 4.42. The molecule has 0 saturated carbocycles. The number of nitrogens with zero attached hydrogens (tertiary/aromatic N) is 1. The highest BCUT2D eigenvalue weighted by Crippen LogP contribution is 2.52. The first-order chi connectivity index (χ1) is 10.3. The molecule has 0 fully saturated rings. The third kappa shape index (κ3) is 5.03. The molecule has 0 aliphatic heterocycles. The standard InChI is InChI=1S/C13H19NO6P2/c1-17-21(15,18-2)9-12-5-11(8-14)6-13(7-12)10-22(16,19-3)20-4/h5-7H,9-10H2,1-4H3. The van der Waals surface area contributed by atoms with Crippen molar-refractivity contribution in [1.29, 1.82) is 5.26 Å². The highest BCUT2D eigenvalue weighted by Gasteiger charge is 2.25. The first kappa shape index (κ1) is 19.1. The Hall–Kier alpha value is -0.990. The second-order valence-corrected chi connectivity index (χ2v) is 8.95. The fourth-order valence-electron chi connectivity index (χ4n) is 1.86. The fraction of sp³-hybridized carbons (Fsp3) is 0.462. The monoisotopic (exact) mass is 347 g/mol. The van der Waals surface area contributed by atoms with Gasteiger partial charge in [-0.25, -0.2) is 0 Å². The molecule has 0 heterocycles. The molecule has 9 heteroatoms. The highest BCUT2D eigenvalue weighted by molar-refractivity contribution is 7.53. The van der Waals surface area contributed by atoms with Gasteiger partial charge in [0.1, 0.15) is 0 Å². The van der Waals surface area contributed by atoms with E-state index >= 15 is 0 Å². The van der Waals surface area contributed by atoms with Gasteiger partial charge in [0.05, 0.1) is 24.0 Å². The molecule has 7 nitrogen and oxygen atoms in total. The quantitative estimate of drug-likeness (QED) is 0.664. The van der Waals surface area contributed by atoms with Gasteiger partial charge in [-0.2, -0.15) is 5.26 Å². The maximum absolute atomic E-state index is 12.2. The van der Waals surface area contributed by atoms with Crippen molar-refractivity contribution in [3.8, 4) is 6.07 Å². The van der Waals surface area contributed by atoms with Crippen molar-refractivity contribution in [3.63, 3.8) is 0 Å². The molecule has 1 aromatic carbocycles. The van der Waals surface area contributed by atoms with Crippen LogP contribution in [0.25, 0.3) is 0 Å². The van der Waals surface area contributed by atoms with Gasteiger partial charge in [-0.3, -0.25) is 9.13 Å². The lowest BCUT2D eigenvalue weighted by Gasteiger charge is -2.16. The molecule has 0 bridgehead atoms. The molecule has 0 amide bonds. The van der Waals surface area contributed by atoms with Gasteiger partial charge in [-0.05, 0) is 23.3 Å². The van der Waals surface area contributed by atoms with Crippen LogP contribution in [0.5, 0.6) is 0 Å². The van der Waals surface area contributed by atoms with Crippen LogP contribution in [0.3, 0.4) is 0 Å². The third-order valence-corrected chi connectivity index (χ3v) is 6.78. The number of hydrogen-bond acceptors (Lipinski definition) is 7. The molecule has 122 valence electrons.